The molecule has 0 bridgehead atoms. The first kappa shape index (κ1) is 29.0. The molecule has 0 aliphatic heterocycles. The summed E-state index contributed by atoms with van der Waals surface area (Å²) in [6.07, 6.45) is 0.0624. The van der Waals surface area contributed by atoms with Gasteiger partial charge in [-0.1, -0.05) is 78.9 Å². The van der Waals surface area contributed by atoms with Gasteiger partial charge in [0.1, 0.15) is 13.2 Å². The Hall–Kier alpha value is -3.98. The highest BCUT2D eigenvalue weighted by Crippen LogP contribution is 2.44. The zero-order valence-corrected chi connectivity index (χ0v) is 23.0. The van der Waals surface area contributed by atoms with Crippen LogP contribution >= 0.6 is 11.8 Å². The summed E-state index contributed by atoms with van der Waals surface area (Å²) in [4.78, 5) is 35.8. The summed E-state index contributed by atoms with van der Waals surface area (Å²) in [6, 6.07) is 25.5. The third-order valence-electron chi connectivity index (χ3n) is 6.64. The van der Waals surface area contributed by atoms with E-state index in [1.165, 1.54) is 0 Å². The number of ether oxygens (including phenoxy) is 2. The first-order valence-corrected chi connectivity index (χ1v) is 14.5. The number of carbonyl (C=O) groups excluding carboxylic acids is 2. The maximum absolute atomic E-state index is 12.8. The molecule has 1 aliphatic rings. The average molecular weight is 563 g/mol. The molecule has 4 rings (SSSR count). The van der Waals surface area contributed by atoms with E-state index >= 15 is 0 Å². The molecule has 3 aromatic carbocycles. The van der Waals surface area contributed by atoms with Crippen molar-refractivity contribution in [2.75, 3.05) is 24.7 Å². The van der Waals surface area contributed by atoms with E-state index in [4.69, 9.17) is 14.6 Å². The molecule has 0 radical (unpaired) electrons. The van der Waals surface area contributed by atoms with Crippen LogP contribution in [-0.4, -0.2) is 54.0 Å². The van der Waals surface area contributed by atoms with E-state index < -0.39 is 18.2 Å². The van der Waals surface area contributed by atoms with Gasteiger partial charge in [-0.2, -0.15) is 11.8 Å². The van der Waals surface area contributed by atoms with E-state index in [9.17, 15) is 14.4 Å². The minimum Gasteiger partial charge on any atom is -0.481 e. The van der Waals surface area contributed by atoms with Crippen molar-refractivity contribution in [2.24, 2.45) is 0 Å². The number of alkyl carbamates (subject to hydrolysis) is 2. The Bertz CT molecular complexity index is 1240. The quantitative estimate of drug-likeness (QED) is 0.213. The standard InChI is InChI=1S/C31H34N2O6S/c34-29(35)15-8-18-40-21-23(16-17-32-30(36)38-19-22-9-2-1-3-10-22)33-31(37)39-20-28-26-13-6-4-11-24(26)25-12-5-7-14-27(25)28/h1-7,9-14,23,28H,8,15-21H2,(H,32,36)(H,33,37)(H,34,35). The molecule has 2 amide bonds. The first-order chi connectivity index (χ1) is 19.5. The highest BCUT2D eigenvalue weighted by Gasteiger charge is 2.29. The number of aliphatic carboxylic acids is 1. The van der Waals surface area contributed by atoms with E-state index in [2.05, 4.69) is 34.9 Å². The van der Waals surface area contributed by atoms with Crippen LogP contribution in [0.3, 0.4) is 0 Å². The monoisotopic (exact) mass is 562 g/mol. The van der Waals surface area contributed by atoms with Gasteiger partial charge in [0.25, 0.3) is 0 Å². The Labute approximate surface area is 238 Å². The second kappa shape index (κ2) is 15.0. The Balaban J connectivity index is 1.27. The van der Waals surface area contributed by atoms with E-state index in [-0.39, 0.29) is 31.6 Å². The number of amides is 2. The van der Waals surface area contributed by atoms with Crippen LogP contribution in [0, 0.1) is 0 Å². The SMILES string of the molecule is O=C(O)CCCSCC(CCNC(=O)OCc1ccccc1)NC(=O)OCC1c2ccccc2-c2ccccc21. The second-order valence-electron chi connectivity index (χ2n) is 9.52. The molecule has 1 unspecified atom stereocenters. The van der Waals surface area contributed by atoms with Crippen molar-refractivity contribution in [3.63, 3.8) is 0 Å². The van der Waals surface area contributed by atoms with Crippen LogP contribution in [0.2, 0.25) is 0 Å². The summed E-state index contributed by atoms with van der Waals surface area (Å²) < 4.78 is 11.0. The normalized spacial score (nSPS) is 12.6. The molecule has 0 saturated heterocycles. The largest absolute Gasteiger partial charge is 0.481 e. The fraction of sp³-hybridized carbons (Fsp3) is 0.323. The molecule has 1 aliphatic carbocycles. The average Bonchev–Trinajstić information content (AvgIpc) is 3.28. The van der Waals surface area contributed by atoms with Gasteiger partial charge >= 0.3 is 18.2 Å². The van der Waals surface area contributed by atoms with Crippen LogP contribution in [0.15, 0.2) is 78.9 Å². The first-order valence-electron chi connectivity index (χ1n) is 13.4. The van der Waals surface area contributed by atoms with Crippen molar-refractivity contribution in [3.8, 4) is 11.1 Å². The van der Waals surface area contributed by atoms with Gasteiger partial charge in [0.05, 0.1) is 0 Å². The number of carboxylic acid groups (broad SMARTS) is 1. The Morgan fingerprint density at radius 3 is 2.17 bits per heavy atom. The predicted molar refractivity (Wildman–Crippen MR) is 155 cm³/mol. The fourth-order valence-corrected chi connectivity index (χ4v) is 5.73. The van der Waals surface area contributed by atoms with E-state index in [1.807, 2.05) is 54.6 Å². The lowest BCUT2D eigenvalue weighted by molar-refractivity contribution is -0.137. The molecule has 0 fully saturated rings. The summed E-state index contributed by atoms with van der Waals surface area (Å²) in [7, 11) is 0. The number of rotatable bonds is 14. The van der Waals surface area contributed by atoms with Gasteiger partial charge in [0.2, 0.25) is 0 Å². The molecule has 3 N–H and O–H groups in total. The van der Waals surface area contributed by atoms with Crippen LogP contribution in [0.4, 0.5) is 9.59 Å². The van der Waals surface area contributed by atoms with Crippen molar-refractivity contribution in [1.82, 2.24) is 10.6 Å². The number of nitrogens with one attached hydrogen (secondary N) is 2. The van der Waals surface area contributed by atoms with Crippen LogP contribution in [0.5, 0.6) is 0 Å². The molecule has 0 spiro atoms. The zero-order valence-electron chi connectivity index (χ0n) is 22.2. The molecule has 0 aromatic heterocycles. The number of thioether (sulfide) groups is 1. The van der Waals surface area contributed by atoms with Gasteiger partial charge in [-0.15, -0.1) is 0 Å². The molecule has 210 valence electrons. The summed E-state index contributed by atoms with van der Waals surface area (Å²) >= 11 is 1.56. The maximum atomic E-state index is 12.8. The highest BCUT2D eigenvalue weighted by molar-refractivity contribution is 7.99. The highest BCUT2D eigenvalue weighted by atomic mass is 32.2. The molecular formula is C31H34N2O6S. The van der Waals surface area contributed by atoms with Gasteiger partial charge in [-0.05, 0) is 46.4 Å². The van der Waals surface area contributed by atoms with E-state index in [0.29, 0.717) is 30.9 Å². The number of carboxylic acids is 1. The van der Waals surface area contributed by atoms with Gasteiger partial charge in [-0.25, -0.2) is 9.59 Å². The lowest BCUT2D eigenvalue weighted by Crippen LogP contribution is -2.40. The van der Waals surface area contributed by atoms with Gasteiger partial charge < -0.3 is 25.2 Å². The maximum Gasteiger partial charge on any atom is 0.407 e. The Kier molecular flexibility index (Phi) is 10.9. The molecule has 1 atom stereocenters. The van der Waals surface area contributed by atoms with E-state index in [0.717, 1.165) is 27.8 Å². The van der Waals surface area contributed by atoms with Crippen molar-refractivity contribution < 1.29 is 29.0 Å². The molecule has 40 heavy (non-hydrogen) atoms. The van der Waals surface area contributed by atoms with Gasteiger partial charge in [-0.3, -0.25) is 4.79 Å². The third-order valence-corrected chi connectivity index (χ3v) is 7.85. The Morgan fingerprint density at radius 2 is 1.50 bits per heavy atom. The summed E-state index contributed by atoms with van der Waals surface area (Å²) in [5, 5.41) is 14.5. The lowest BCUT2D eigenvalue weighted by atomic mass is 9.98. The minimum atomic E-state index is -0.827. The number of hydrogen-bond acceptors (Lipinski definition) is 6. The van der Waals surface area contributed by atoms with E-state index in [1.54, 1.807) is 11.8 Å². The summed E-state index contributed by atoms with van der Waals surface area (Å²) in [6.45, 7) is 0.688. The van der Waals surface area contributed by atoms with Crippen LogP contribution < -0.4 is 10.6 Å². The zero-order chi connectivity index (χ0) is 28.2. The third kappa shape index (κ3) is 8.51. The topological polar surface area (TPSA) is 114 Å². The predicted octanol–water partition coefficient (Wildman–Crippen LogP) is 5.81. The smallest absolute Gasteiger partial charge is 0.407 e. The fourth-order valence-electron chi connectivity index (χ4n) is 4.68. The van der Waals surface area contributed by atoms with Crippen LogP contribution in [-0.2, 0) is 20.9 Å². The summed E-state index contributed by atoms with van der Waals surface area (Å²) in [5.41, 5.74) is 5.49. The van der Waals surface area contributed by atoms with Crippen LogP contribution in [0.1, 0.15) is 41.9 Å². The van der Waals surface area contributed by atoms with Crippen molar-refractivity contribution in [3.05, 3.63) is 95.6 Å². The molecule has 8 nitrogen and oxygen atoms in total. The summed E-state index contributed by atoms with van der Waals surface area (Å²) in [5.74, 6) is 0.349. The molecule has 3 aromatic rings. The number of benzene rings is 3. The van der Waals surface area contributed by atoms with Crippen molar-refractivity contribution >= 4 is 29.9 Å². The molecule has 0 heterocycles. The molecule has 0 saturated carbocycles. The Morgan fingerprint density at radius 1 is 0.850 bits per heavy atom. The lowest BCUT2D eigenvalue weighted by Gasteiger charge is -2.20. The van der Waals surface area contributed by atoms with Gasteiger partial charge in [0.15, 0.2) is 0 Å². The van der Waals surface area contributed by atoms with Gasteiger partial charge in [0, 0.05) is 30.7 Å². The number of hydrogen-bond donors (Lipinski definition) is 3. The number of fused-ring (bicyclic) bond motifs is 3. The van der Waals surface area contributed by atoms with Crippen molar-refractivity contribution in [2.45, 2.75) is 37.8 Å². The van der Waals surface area contributed by atoms with Crippen molar-refractivity contribution in [1.29, 1.82) is 0 Å². The molecule has 9 heteroatoms. The number of carbonyl (C=O) groups is 3. The molecular weight excluding hydrogens is 528 g/mol. The minimum absolute atomic E-state index is 0.0388. The second-order valence-corrected chi connectivity index (χ2v) is 10.7. The van der Waals surface area contributed by atoms with Crippen LogP contribution in [0.25, 0.3) is 11.1 Å².